The van der Waals surface area contributed by atoms with Crippen LogP contribution in [-0.2, 0) is 0 Å². The molecule has 0 spiro atoms. The number of hydrogen-bond acceptors (Lipinski definition) is 7. The van der Waals surface area contributed by atoms with Crippen LogP contribution in [-0.4, -0.2) is 15.8 Å². The summed E-state index contributed by atoms with van der Waals surface area (Å²) in [5.74, 6) is 0.195. The van der Waals surface area contributed by atoms with E-state index in [-0.39, 0.29) is 11.3 Å². The van der Waals surface area contributed by atoms with Crippen LogP contribution < -0.4 is 11.1 Å². The molecule has 0 unspecified atom stereocenters. The first-order valence-corrected chi connectivity index (χ1v) is 7.77. The molecule has 0 amide bonds. The molecule has 0 aliphatic heterocycles. The molecule has 0 aliphatic carbocycles. The summed E-state index contributed by atoms with van der Waals surface area (Å²) < 4.78 is 6.04. The number of nitrogens with zero attached hydrogens (tertiary/aromatic N) is 2. The second-order valence-electron chi connectivity index (χ2n) is 5.20. The number of nitrogens with one attached hydrogen (secondary N) is 1. The van der Waals surface area contributed by atoms with Crippen LogP contribution in [0.1, 0.15) is 23.8 Å². The summed E-state index contributed by atoms with van der Waals surface area (Å²) in [6, 6.07) is 7.38. The van der Waals surface area contributed by atoms with Crippen LogP contribution in [0.25, 0.3) is 10.2 Å². The molecular weight excluding hydrogens is 314 g/mol. The van der Waals surface area contributed by atoms with Gasteiger partial charge in [-0.25, -0.2) is 9.78 Å². The molecule has 23 heavy (non-hydrogen) atoms. The molecule has 0 bridgehead atoms. The number of aromatic hydroxyl groups is 1. The van der Waals surface area contributed by atoms with Gasteiger partial charge in [-0.1, -0.05) is 17.4 Å². The highest BCUT2D eigenvalue weighted by atomic mass is 32.1. The maximum absolute atomic E-state index is 11.8. The fourth-order valence-corrected chi connectivity index (χ4v) is 3.10. The second-order valence-corrected chi connectivity index (χ2v) is 6.23. The highest BCUT2D eigenvalue weighted by Crippen LogP contribution is 2.26. The van der Waals surface area contributed by atoms with Crippen LogP contribution in [0, 0.1) is 13.8 Å². The molecule has 3 aromatic rings. The third kappa shape index (κ3) is 3.09. The molecule has 2 N–H and O–H groups in total. The standard InChI is InChI=1S/C16H15N3O3S/c1-8-4-5-11-13(6-8)23-16(17-11)19-18-10(3)14-12(20)7-9(2)22-15(14)21/h4-7,20H,1-3H3,(H,17,19)/b18-10+. The van der Waals surface area contributed by atoms with Gasteiger partial charge in [0.15, 0.2) is 0 Å². The van der Waals surface area contributed by atoms with Gasteiger partial charge in [0.25, 0.3) is 0 Å². The second kappa shape index (κ2) is 5.85. The smallest absolute Gasteiger partial charge is 0.348 e. The predicted octanol–water partition coefficient (Wildman–Crippen LogP) is 3.41. The Morgan fingerprint density at radius 3 is 2.87 bits per heavy atom. The minimum Gasteiger partial charge on any atom is -0.507 e. The van der Waals surface area contributed by atoms with Gasteiger partial charge in [0.1, 0.15) is 17.1 Å². The topological polar surface area (TPSA) is 87.7 Å². The highest BCUT2D eigenvalue weighted by molar-refractivity contribution is 7.22. The Morgan fingerprint density at radius 1 is 1.35 bits per heavy atom. The van der Waals surface area contributed by atoms with E-state index in [4.69, 9.17) is 4.42 Å². The maximum Gasteiger partial charge on any atom is 0.348 e. The van der Waals surface area contributed by atoms with Crippen LogP contribution in [0.3, 0.4) is 0 Å². The fourth-order valence-electron chi connectivity index (χ4n) is 2.20. The van der Waals surface area contributed by atoms with Crippen molar-refractivity contribution in [3.63, 3.8) is 0 Å². The number of fused-ring (bicyclic) bond motifs is 1. The van der Waals surface area contributed by atoms with Gasteiger partial charge >= 0.3 is 5.63 Å². The van der Waals surface area contributed by atoms with E-state index in [1.807, 2.05) is 19.1 Å². The first-order valence-electron chi connectivity index (χ1n) is 6.95. The number of thiazole rings is 1. The van der Waals surface area contributed by atoms with Gasteiger partial charge in [-0.15, -0.1) is 0 Å². The summed E-state index contributed by atoms with van der Waals surface area (Å²) in [6.07, 6.45) is 0. The van der Waals surface area contributed by atoms with Gasteiger partial charge in [-0.2, -0.15) is 5.10 Å². The molecule has 118 valence electrons. The van der Waals surface area contributed by atoms with Gasteiger partial charge < -0.3 is 9.52 Å². The van der Waals surface area contributed by atoms with Crippen molar-refractivity contribution in [3.05, 3.63) is 51.6 Å². The summed E-state index contributed by atoms with van der Waals surface area (Å²) in [5, 5.41) is 14.6. The van der Waals surface area contributed by atoms with Crippen molar-refractivity contribution in [3.8, 4) is 5.75 Å². The molecule has 0 atom stereocenters. The molecule has 0 saturated heterocycles. The van der Waals surface area contributed by atoms with Gasteiger partial charge in [0, 0.05) is 6.07 Å². The lowest BCUT2D eigenvalue weighted by atomic mass is 10.2. The zero-order valence-electron chi connectivity index (χ0n) is 12.9. The van der Waals surface area contributed by atoms with Crippen molar-refractivity contribution < 1.29 is 9.52 Å². The number of hydrogen-bond donors (Lipinski definition) is 2. The Hall–Kier alpha value is -2.67. The van der Waals surface area contributed by atoms with E-state index in [0.29, 0.717) is 16.6 Å². The van der Waals surface area contributed by atoms with Crippen molar-refractivity contribution in [2.75, 3.05) is 5.43 Å². The Balaban J connectivity index is 1.90. The van der Waals surface area contributed by atoms with Crippen LogP contribution in [0.4, 0.5) is 5.13 Å². The Labute approximate surface area is 136 Å². The summed E-state index contributed by atoms with van der Waals surface area (Å²) in [6.45, 7) is 5.23. The minimum absolute atomic E-state index is 0.0417. The van der Waals surface area contributed by atoms with Crippen LogP contribution in [0.15, 0.2) is 38.6 Å². The lowest BCUT2D eigenvalue weighted by molar-refractivity contribution is 0.432. The van der Waals surface area contributed by atoms with E-state index in [0.717, 1.165) is 15.8 Å². The zero-order chi connectivity index (χ0) is 16.6. The molecule has 0 fully saturated rings. The van der Waals surface area contributed by atoms with Gasteiger partial charge in [-0.05, 0) is 38.5 Å². The molecule has 0 aliphatic rings. The Bertz CT molecular complexity index is 972. The van der Waals surface area contributed by atoms with E-state index in [1.165, 1.54) is 17.4 Å². The number of anilines is 1. The number of benzene rings is 1. The molecule has 3 rings (SSSR count). The third-order valence-electron chi connectivity index (χ3n) is 3.28. The van der Waals surface area contributed by atoms with Crippen LogP contribution in [0.2, 0.25) is 0 Å². The monoisotopic (exact) mass is 329 g/mol. The largest absolute Gasteiger partial charge is 0.507 e. The van der Waals surface area contributed by atoms with Gasteiger partial charge in [0.05, 0.1) is 15.9 Å². The van der Waals surface area contributed by atoms with Crippen molar-refractivity contribution in [1.29, 1.82) is 0 Å². The summed E-state index contributed by atoms with van der Waals surface area (Å²) >= 11 is 1.47. The average Bonchev–Trinajstić information content (AvgIpc) is 2.86. The highest BCUT2D eigenvalue weighted by Gasteiger charge is 2.13. The molecule has 7 heteroatoms. The van der Waals surface area contributed by atoms with Crippen LogP contribution >= 0.6 is 11.3 Å². The SMILES string of the molecule is C/C(=N\Nc1nc2ccc(C)cc2s1)c1c(O)cc(C)oc1=O. The summed E-state index contributed by atoms with van der Waals surface area (Å²) in [5.41, 5.74) is 4.62. The quantitative estimate of drug-likeness (QED) is 0.568. The summed E-state index contributed by atoms with van der Waals surface area (Å²) in [7, 11) is 0. The van der Waals surface area contributed by atoms with E-state index >= 15 is 0 Å². The first kappa shape index (κ1) is 15.2. The maximum atomic E-state index is 11.8. The molecule has 2 aromatic heterocycles. The van der Waals surface area contributed by atoms with Crippen molar-refractivity contribution in [2.45, 2.75) is 20.8 Å². The molecule has 0 saturated carbocycles. The van der Waals surface area contributed by atoms with Crippen LogP contribution in [0.5, 0.6) is 5.75 Å². The van der Waals surface area contributed by atoms with Crippen molar-refractivity contribution in [1.82, 2.24) is 4.98 Å². The fraction of sp³-hybridized carbons (Fsp3) is 0.188. The van der Waals surface area contributed by atoms with E-state index in [2.05, 4.69) is 21.6 Å². The van der Waals surface area contributed by atoms with E-state index in [9.17, 15) is 9.90 Å². The van der Waals surface area contributed by atoms with E-state index in [1.54, 1.807) is 13.8 Å². The summed E-state index contributed by atoms with van der Waals surface area (Å²) in [4.78, 5) is 16.3. The normalized spacial score (nSPS) is 11.9. The number of hydrazone groups is 1. The van der Waals surface area contributed by atoms with E-state index < -0.39 is 5.63 Å². The molecular formula is C16H15N3O3S. The number of aromatic nitrogens is 1. The van der Waals surface area contributed by atoms with Crippen molar-refractivity contribution >= 4 is 32.4 Å². The molecule has 6 nitrogen and oxygen atoms in total. The average molecular weight is 329 g/mol. The van der Waals surface area contributed by atoms with Crippen molar-refractivity contribution in [2.24, 2.45) is 5.10 Å². The molecule has 1 aromatic carbocycles. The number of rotatable bonds is 3. The molecule has 2 heterocycles. The molecule has 0 radical (unpaired) electrons. The Morgan fingerprint density at radius 2 is 2.13 bits per heavy atom. The lowest BCUT2D eigenvalue weighted by Crippen LogP contribution is -2.14. The Kier molecular flexibility index (Phi) is 3.87. The number of aryl methyl sites for hydroxylation is 2. The van der Waals surface area contributed by atoms with Gasteiger partial charge in [0.2, 0.25) is 5.13 Å². The zero-order valence-corrected chi connectivity index (χ0v) is 13.7. The predicted molar refractivity (Wildman–Crippen MR) is 91.6 cm³/mol. The minimum atomic E-state index is -0.620. The first-order chi connectivity index (χ1) is 10.9. The van der Waals surface area contributed by atoms with Gasteiger partial charge in [-0.3, -0.25) is 5.43 Å². The lowest BCUT2D eigenvalue weighted by Gasteiger charge is -2.03. The third-order valence-corrected chi connectivity index (χ3v) is 4.20.